The first kappa shape index (κ1) is 8.88. The van der Waals surface area contributed by atoms with Gasteiger partial charge in [0.2, 0.25) is 5.96 Å². The molecule has 0 saturated heterocycles. The molecular weight excluding hydrogens is 177 g/mol. The molecule has 0 fully saturated rings. The molecule has 0 saturated carbocycles. The molecule has 11 heavy (non-hydrogen) atoms. The lowest BCUT2D eigenvalue weighted by Gasteiger charge is -2.12. The Kier molecular flexibility index (Phi) is 2.17. The van der Waals surface area contributed by atoms with Crippen molar-refractivity contribution in [1.29, 1.82) is 0 Å². The smallest absolute Gasteiger partial charge is 0.224 e. The summed E-state index contributed by atoms with van der Waals surface area (Å²) in [6.45, 7) is 4.20. The third kappa shape index (κ3) is 1.37. The second-order valence-corrected chi connectivity index (χ2v) is 6.96. The van der Waals surface area contributed by atoms with E-state index >= 15 is 0 Å². The molecule has 0 aromatic rings. The van der Waals surface area contributed by atoms with Crippen LogP contribution in [0.4, 0.5) is 0 Å². The highest BCUT2D eigenvalue weighted by atomic mass is 32.1. The summed E-state index contributed by atoms with van der Waals surface area (Å²) in [6.07, 6.45) is 0. The summed E-state index contributed by atoms with van der Waals surface area (Å²) in [6, 6.07) is 0. The summed E-state index contributed by atoms with van der Waals surface area (Å²) < 4.78 is 5.39. The van der Waals surface area contributed by atoms with Gasteiger partial charge in [-0.25, -0.2) is 4.74 Å². The number of aliphatic imine (C=N–C) groups is 1. The van der Waals surface area contributed by atoms with Crippen molar-refractivity contribution in [3.05, 3.63) is 0 Å². The molecule has 0 spiro atoms. The summed E-state index contributed by atoms with van der Waals surface area (Å²) >= 11 is 5.22. The maximum absolute atomic E-state index is 5.22. The van der Waals surface area contributed by atoms with Crippen LogP contribution < -0.4 is 0 Å². The van der Waals surface area contributed by atoms with Gasteiger partial charge in [-0.1, -0.05) is 12.2 Å². The largest absolute Gasteiger partial charge is 0.303 e. The highest BCUT2D eigenvalue weighted by Crippen LogP contribution is 2.48. The van der Waals surface area contributed by atoms with Gasteiger partial charge in [0.1, 0.15) is 4.73 Å². The van der Waals surface area contributed by atoms with E-state index in [0.29, 0.717) is 0 Å². The monoisotopic (exact) mass is 189 g/mol. The fourth-order valence-corrected chi connectivity index (χ4v) is 2.76. The van der Waals surface area contributed by atoms with E-state index in [9.17, 15) is 0 Å². The Labute approximate surface area is 72.6 Å². The van der Waals surface area contributed by atoms with Crippen molar-refractivity contribution in [1.82, 2.24) is 4.90 Å². The Morgan fingerprint density at radius 2 is 2.09 bits per heavy atom. The van der Waals surface area contributed by atoms with Gasteiger partial charge in [-0.2, -0.15) is 0 Å². The van der Waals surface area contributed by atoms with Gasteiger partial charge in [0.05, 0.1) is 0 Å². The second kappa shape index (κ2) is 2.68. The van der Waals surface area contributed by atoms with Crippen molar-refractivity contribution in [3.8, 4) is 0 Å². The molecular formula is C6H12N3PS. The maximum atomic E-state index is 5.22. The van der Waals surface area contributed by atoms with Crippen LogP contribution in [0.3, 0.4) is 0 Å². The number of rotatable bonds is 0. The van der Waals surface area contributed by atoms with E-state index in [2.05, 4.69) is 23.1 Å². The minimum atomic E-state index is -1.36. The standard InChI is InChI=1S/C6H12N3PS/c1-7-5-8-10(3,4)6(11)9(5)2/h1-4H3. The van der Waals surface area contributed by atoms with Gasteiger partial charge in [0, 0.05) is 21.1 Å². The van der Waals surface area contributed by atoms with Crippen LogP contribution in [0.1, 0.15) is 0 Å². The zero-order valence-corrected chi connectivity index (χ0v) is 8.91. The fourth-order valence-electron chi connectivity index (χ4n) is 0.981. The first-order valence-corrected chi connectivity index (χ1v) is 6.36. The minimum Gasteiger partial charge on any atom is -0.303 e. The molecule has 0 amide bonds. The van der Waals surface area contributed by atoms with Crippen LogP contribution in [-0.4, -0.2) is 43.0 Å². The van der Waals surface area contributed by atoms with Crippen molar-refractivity contribution in [3.63, 3.8) is 0 Å². The Morgan fingerprint density at radius 3 is 2.27 bits per heavy atom. The number of thiocarbonyl (C=S) groups is 1. The molecule has 1 rings (SSSR count). The van der Waals surface area contributed by atoms with Gasteiger partial charge in [0.15, 0.2) is 0 Å². The molecule has 0 atom stereocenters. The Morgan fingerprint density at radius 1 is 1.55 bits per heavy atom. The quantitative estimate of drug-likeness (QED) is 0.428. The van der Waals surface area contributed by atoms with E-state index in [4.69, 9.17) is 12.2 Å². The van der Waals surface area contributed by atoms with Gasteiger partial charge >= 0.3 is 0 Å². The molecule has 1 aliphatic heterocycles. The number of guanidine groups is 1. The highest BCUT2D eigenvalue weighted by Gasteiger charge is 2.27. The lowest BCUT2D eigenvalue weighted by molar-refractivity contribution is 0.777. The lowest BCUT2D eigenvalue weighted by Crippen LogP contribution is -2.23. The fraction of sp³-hybridized carbons (Fsp3) is 0.667. The first-order valence-electron chi connectivity index (χ1n) is 3.31. The van der Waals surface area contributed by atoms with Gasteiger partial charge in [-0.15, -0.1) is 0 Å². The van der Waals surface area contributed by atoms with E-state index in [-0.39, 0.29) is 0 Å². The van der Waals surface area contributed by atoms with E-state index in [1.54, 1.807) is 7.05 Å². The van der Waals surface area contributed by atoms with Crippen molar-refractivity contribution >= 4 is 30.0 Å². The topological polar surface area (TPSA) is 28.0 Å². The number of hydrogen-bond donors (Lipinski definition) is 0. The van der Waals surface area contributed by atoms with Gasteiger partial charge in [-0.05, 0) is 13.3 Å². The van der Waals surface area contributed by atoms with Crippen molar-refractivity contribution in [2.75, 3.05) is 27.4 Å². The highest BCUT2D eigenvalue weighted by molar-refractivity contribution is 8.02. The second-order valence-electron chi connectivity index (χ2n) is 2.86. The molecule has 0 unspecified atom stereocenters. The molecule has 0 N–H and O–H groups in total. The molecule has 0 aromatic heterocycles. The van der Waals surface area contributed by atoms with Gasteiger partial charge < -0.3 is 4.90 Å². The van der Waals surface area contributed by atoms with Crippen LogP contribution >= 0.6 is 19.3 Å². The summed E-state index contributed by atoms with van der Waals surface area (Å²) in [5.74, 6) is 0.772. The molecule has 0 aliphatic carbocycles. The van der Waals surface area contributed by atoms with Gasteiger partial charge in [0.25, 0.3) is 0 Å². The summed E-state index contributed by atoms with van der Waals surface area (Å²) in [4.78, 5) is 5.92. The van der Waals surface area contributed by atoms with Crippen molar-refractivity contribution < 1.29 is 0 Å². The summed E-state index contributed by atoms with van der Waals surface area (Å²) in [5, 5.41) is 0. The number of hydrogen-bond acceptors (Lipinski definition) is 2. The molecule has 0 bridgehead atoms. The summed E-state index contributed by atoms with van der Waals surface area (Å²) in [7, 11) is 2.30. The van der Waals surface area contributed by atoms with Crippen LogP contribution in [0.5, 0.6) is 0 Å². The third-order valence-corrected chi connectivity index (χ3v) is 5.12. The van der Waals surface area contributed by atoms with Crippen LogP contribution in [0, 0.1) is 0 Å². The predicted molar refractivity (Wildman–Crippen MR) is 54.9 cm³/mol. The van der Waals surface area contributed by atoms with Crippen LogP contribution in [0.25, 0.3) is 0 Å². The molecule has 0 aromatic carbocycles. The Hall–Kier alpha value is -0.210. The van der Waals surface area contributed by atoms with E-state index < -0.39 is 7.05 Å². The average molecular weight is 189 g/mol. The molecule has 5 heteroatoms. The molecule has 1 aliphatic rings. The summed E-state index contributed by atoms with van der Waals surface area (Å²) in [5.41, 5.74) is 0. The molecule has 1 heterocycles. The molecule has 62 valence electrons. The minimum absolute atomic E-state index is 0.772. The third-order valence-electron chi connectivity index (χ3n) is 1.59. The maximum Gasteiger partial charge on any atom is 0.224 e. The van der Waals surface area contributed by atoms with Crippen LogP contribution in [0.2, 0.25) is 0 Å². The lowest BCUT2D eigenvalue weighted by atomic mass is 10.8. The normalized spacial score (nSPS) is 26.0. The molecule has 0 radical (unpaired) electrons. The van der Waals surface area contributed by atoms with E-state index in [1.807, 2.05) is 11.9 Å². The van der Waals surface area contributed by atoms with E-state index in [1.165, 1.54) is 0 Å². The Balaban J connectivity index is 3.15. The zero-order valence-electron chi connectivity index (χ0n) is 7.20. The SMILES string of the molecule is CN=C1N=P(C)(C)C(=S)N1C. The molecule has 3 nitrogen and oxygen atoms in total. The predicted octanol–water partition coefficient (Wildman–Crippen LogP) is 1.66. The zero-order chi connectivity index (χ0) is 8.65. The first-order chi connectivity index (χ1) is 4.99. The van der Waals surface area contributed by atoms with Crippen molar-refractivity contribution in [2.45, 2.75) is 0 Å². The van der Waals surface area contributed by atoms with Crippen LogP contribution in [0.15, 0.2) is 9.74 Å². The van der Waals surface area contributed by atoms with E-state index in [0.717, 1.165) is 10.7 Å². The van der Waals surface area contributed by atoms with Gasteiger partial charge in [-0.3, -0.25) is 4.99 Å². The van der Waals surface area contributed by atoms with Crippen molar-refractivity contribution in [2.24, 2.45) is 9.74 Å². The average Bonchev–Trinajstić information content (AvgIpc) is 2.13. The Bertz CT molecular complexity index is 276. The van der Waals surface area contributed by atoms with Crippen LogP contribution in [-0.2, 0) is 0 Å². The number of nitrogens with zero attached hydrogens (tertiary/aromatic N) is 3.